The van der Waals surface area contributed by atoms with Crippen LogP contribution in [0.25, 0.3) is 0 Å². The fourth-order valence-electron chi connectivity index (χ4n) is 1.89. The van der Waals surface area contributed by atoms with Crippen LogP contribution in [0, 0.1) is 5.82 Å². The van der Waals surface area contributed by atoms with E-state index in [1.807, 2.05) is 0 Å². The molecule has 0 atom stereocenters. The van der Waals surface area contributed by atoms with Gasteiger partial charge in [-0.3, -0.25) is 4.79 Å². The Balaban J connectivity index is 2.34. The number of carbonyl (C=O) groups excluding carboxylic acids is 1. The average Bonchev–Trinajstić information content (AvgIpc) is 2.43. The smallest absolute Gasteiger partial charge is 0.387 e. The van der Waals surface area contributed by atoms with Crippen LogP contribution in [0.5, 0.6) is 5.75 Å². The summed E-state index contributed by atoms with van der Waals surface area (Å²) in [6, 6.07) is 8.42. The lowest BCUT2D eigenvalue weighted by Gasteiger charge is -2.10. The molecular weight excluding hydrogens is 305 g/mol. The van der Waals surface area contributed by atoms with E-state index >= 15 is 0 Å². The fraction of sp³-hybridized carbons (Fsp3) is 0.133. The van der Waals surface area contributed by atoms with Crippen molar-refractivity contribution in [1.82, 2.24) is 0 Å². The van der Waals surface area contributed by atoms with Gasteiger partial charge in [-0.1, -0.05) is 23.7 Å². The molecule has 0 heterocycles. The summed E-state index contributed by atoms with van der Waals surface area (Å²) in [6.45, 7) is -3.05. The summed E-state index contributed by atoms with van der Waals surface area (Å²) >= 11 is 5.91. The van der Waals surface area contributed by atoms with Gasteiger partial charge in [-0.2, -0.15) is 8.78 Å². The van der Waals surface area contributed by atoms with Crippen molar-refractivity contribution in [2.75, 3.05) is 0 Å². The van der Waals surface area contributed by atoms with E-state index in [1.165, 1.54) is 36.4 Å². The molecule has 0 saturated heterocycles. The highest BCUT2D eigenvalue weighted by atomic mass is 35.5. The van der Waals surface area contributed by atoms with Gasteiger partial charge in [-0.25, -0.2) is 4.39 Å². The third kappa shape index (κ3) is 3.76. The SMILES string of the molecule is O=Cc1ccc(Cc2c(F)cccc2Cl)cc1OC(F)F. The Kier molecular flexibility index (Phi) is 4.85. The summed E-state index contributed by atoms with van der Waals surface area (Å²) in [7, 11) is 0. The van der Waals surface area contributed by atoms with Crippen molar-refractivity contribution in [3.63, 3.8) is 0 Å². The molecule has 21 heavy (non-hydrogen) atoms. The van der Waals surface area contributed by atoms with Gasteiger partial charge in [-0.15, -0.1) is 0 Å². The molecular formula is C15H10ClF3O2. The lowest BCUT2D eigenvalue weighted by atomic mass is 10.0. The second-order valence-corrected chi connectivity index (χ2v) is 4.65. The highest BCUT2D eigenvalue weighted by molar-refractivity contribution is 6.31. The Morgan fingerprint density at radius 2 is 2.00 bits per heavy atom. The molecule has 6 heteroatoms. The molecule has 110 valence electrons. The number of benzene rings is 2. The number of halogens is 4. The molecule has 0 bridgehead atoms. The second kappa shape index (κ2) is 6.63. The second-order valence-electron chi connectivity index (χ2n) is 4.25. The third-order valence-corrected chi connectivity index (χ3v) is 3.22. The van der Waals surface area contributed by atoms with Crippen LogP contribution in [-0.4, -0.2) is 12.9 Å². The van der Waals surface area contributed by atoms with Crippen LogP contribution in [-0.2, 0) is 6.42 Å². The van der Waals surface area contributed by atoms with Crippen molar-refractivity contribution in [1.29, 1.82) is 0 Å². The molecule has 0 amide bonds. The lowest BCUT2D eigenvalue weighted by molar-refractivity contribution is -0.0501. The zero-order chi connectivity index (χ0) is 15.4. The molecule has 0 aromatic heterocycles. The molecule has 0 aliphatic rings. The summed E-state index contributed by atoms with van der Waals surface area (Å²) in [4.78, 5) is 10.8. The maximum absolute atomic E-state index is 13.7. The average molecular weight is 315 g/mol. The highest BCUT2D eigenvalue weighted by Gasteiger charge is 2.13. The van der Waals surface area contributed by atoms with E-state index in [9.17, 15) is 18.0 Å². The molecule has 0 unspecified atom stereocenters. The van der Waals surface area contributed by atoms with Crippen molar-refractivity contribution in [3.8, 4) is 5.75 Å². The molecule has 0 aliphatic heterocycles. The first-order valence-corrected chi connectivity index (χ1v) is 6.35. The third-order valence-electron chi connectivity index (χ3n) is 2.86. The minimum atomic E-state index is -3.05. The monoisotopic (exact) mass is 314 g/mol. The van der Waals surface area contributed by atoms with Gasteiger partial charge in [0.1, 0.15) is 11.6 Å². The van der Waals surface area contributed by atoms with E-state index in [4.69, 9.17) is 11.6 Å². The molecule has 0 radical (unpaired) electrons. The Bertz CT molecular complexity index is 639. The molecule has 0 fully saturated rings. The van der Waals surface area contributed by atoms with Crippen LogP contribution < -0.4 is 4.74 Å². The van der Waals surface area contributed by atoms with E-state index < -0.39 is 12.4 Å². The van der Waals surface area contributed by atoms with E-state index in [0.29, 0.717) is 11.8 Å². The van der Waals surface area contributed by atoms with Crippen LogP contribution >= 0.6 is 11.6 Å². The maximum atomic E-state index is 13.7. The van der Waals surface area contributed by atoms with Crippen LogP contribution in [0.2, 0.25) is 5.02 Å². The number of ether oxygens (including phenoxy) is 1. The highest BCUT2D eigenvalue weighted by Crippen LogP contribution is 2.26. The molecule has 2 nitrogen and oxygen atoms in total. The van der Waals surface area contributed by atoms with Crippen LogP contribution in [0.1, 0.15) is 21.5 Å². The first-order chi connectivity index (χ1) is 10.0. The lowest BCUT2D eigenvalue weighted by Crippen LogP contribution is -2.05. The molecule has 0 saturated carbocycles. The van der Waals surface area contributed by atoms with Gasteiger partial charge < -0.3 is 4.74 Å². The largest absolute Gasteiger partial charge is 0.434 e. The molecule has 2 aromatic carbocycles. The number of hydrogen-bond donors (Lipinski definition) is 0. The van der Waals surface area contributed by atoms with Crippen molar-refractivity contribution in [2.24, 2.45) is 0 Å². The van der Waals surface area contributed by atoms with Gasteiger partial charge in [0.15, 0.2) is 6.29 Å². The number of rotatable bonds is 5. The predicted octanol–water partition coefficient (Wildman–Crippen LogP) is 4.48. The minimum Gasteiger partial charge on any atom is -0.434 e. The van der Waals surface area contributed by atoms with E-state index in [-0.39, 0.29) is 28.3 Å². The standard InChI is InChI=1S/C15H10ClF3O2/c16-12-2-1-3-13(17)11(12)6-9-4-5-10(8-20)14(7-9)21-15(18)19/h1-5,7-8,15H,6H2. The quantitative estimate of drug-likeness (QED) is 0.760. The molecule has 0 spiro atoms. The summed E-state index contributed by atoms with van der Waals surface area (Å²) in [5.74, 6) is -0.733. The Labute approximate surface area is 124 Å². The fourth-order valence-corrected chi connectivity index (χ4v) is 2.12. The van der Waals surface area contributed by atoms with Gasteiger partial charge in [0, 0.05) is 17.0 Å². The van der Waals surface area contributed by atoms with Gasteiger partial charge >= 0.3 is 6.61 Å². The van der Waals surface area contributed by atoms with Crippen molar-refractivity contribution >= 4 is 17.9 Å². The number of alkyl halides is 2. The van der Waals surface area contributed by atoms with Crippen molar-refractivity contribution < 1.29 is 22.7 Å². The zero-order valence-corrected chi connectivity index (χ0v) is 11.4. The molecule has 0 aliphatic carbocycles. The van der Waals surface area contributed by atoms with Gasteiger partial charge in [0.05, 0.1) is 5.56 Å². The number of hydrogen-bond acceptors (Lipinski definition) is 2. The first-order valence-electron chi connectivity index (χ1n) is 5.97. The number of aldehydes is 1. The maximum Gasteiger partial charge on any atom is 0.387 e. The van der Waals surface area contributed by atoms with E-state index in [1.54, 1.807) is 0 Å². The van der Waals surface area contributed by atoms with Gasteiger partial charge in [0.2, 0.25) is 0 Å². The topological polar surface area (TPSA) is 26.3 Å². The summed E-state index contributed by atoms with van der Waals surface area (Å²) in [6.07, 6.45) is 0.516. The van der Waals surface area contributed by atoms with Gasteiger partial charge in [-0.05, 0) is 29.8 Å². The first kappa shape index (κ1) is 15.4. The van der Waals surface area contributed by atoms with Crippen molar-refractivity contribution in [3.05, 3.63) is 63.9 Å². The van der Waals surface area contributed by atoms with E-state index in [0.717, 1.165) is 0 Å². The predicted molar refractivity (Wildman–Crippen MR) is 72.7 cm³/mol. The van der Waals surface area contributed by atoms with E-state index in [2.05, 4.69) is 4.74 Å². The summed E-state index contributed by atoms with van der Waals surface area (Å²) < 4.78 is 42.6. The molecule has 2 aromatic rings. The van der Waals surface area contributed by atoms with Crippen LogP contribution in [0.3, 0.4) is 0 Å². The number of carbonyl (C=O) groups is 1. The molecule has 2 rings (SSSR count). The van der Waals surface area contributed by atoms with Gasteiger partial charge in [0.25, 0.3) is 0 Å². The Morgan fingerprint density at radius 1 is 1.24 bits per heavy atom. The summed E-state index contributed by atoms with van der Waals surface area (Å²) in [5, 5.41) is 0.241. The molecule has 0 N–H and O–H groups in total. The normalized spacial score (nSPS) is 10.7. The zero-order valence-electron chi connectivity index (χ0n) is 10.7. The minimum absolute atomic E-state index is 0.00122. The van der Waals surface area contributed by atoms with Crippen LogP contribution in [0.4, 0.5) is 13.2 Å². The van der Waals surface area contributed by atoms with Crippen LogP contribution in [0.15, 0.2) is 36.4 Å². The Hall–Kier alpha value is -2.01. The Morgan fingerprint density at radius 3 is 2.62 bits per heavy atom. The summed E-state index contributed by atoms with van der Waals surface area (Å²) in [5.41, 5.74) is 0.753. The van der Waals surface area contributed by atoms with Crippen molar-refractivity contribution in [2.45, 2.75) is 13.0 Å².